The van der Waals surface area contributed by atoms with Crippen molar-refractivity contribution in [1.82, 2.24) is 9.47 Å². The average molecular weight is 238 g/mol. The Morgan fingerprint density at radius 2 is 2.06 bits per heavy atom. The van der Waals surface area contributed by atoms with Gasteiger partial charge in [0, 0.05) is 25.5 Å². The van der Waals surface area contributed by atoms with Crippen LogP contribution in [0.2, 0.25) is 0 Å². The Bertz CT molecular complexity index is 421. The van der Waals surface area contributed by atoms with Gasteiger partial charge >= 0.3 is 5.97 Å². The van der Waals surface area contributed by atoms with E-state index in [0.717, 1.165) is 0 Å². The van der Waals surface area contributed by atoms with Crippen LogP contribution in [0.5, 0.6) is 0 Å². The number of morpholine rings is 1. The Labute approximate surface area is 98.4 Å². The first-order chi connectivity index (χ1) is 8.16. The predicted octanol–water partition coefficient (Wildman–Crippen LogP) is 0.0451. The summed E-state index contributed by atoms with van der Waals surface area (Å²) in [7, 11) is 0. The molecule has 92 valence electrons. The van der Waals surface area contributed by atoms with Crippen LogP contribution in [0.4, 0.5) is 0 Å². The first-order valence-corrected chi connectivity index (χ1v) is 5.41. The monoisotopic (exact) mass is 238 g/mol. The highest BCUT2D eigenvalue weighted by atomic mass is 16.5. The van der Waals surface area contributed by atoms with Crippen molar-refractivity contribution in [2.45, 2.75) is 6.54 Å². The van der Waals surface area contributed by atoms with Gasteiger partial charge in [-0.25, -0.2) is 4.79 Å². The Kier molecular flexibility index (Phi) is 3.43. The van der Waals surface area contributed by atoms with Crippen molar-refractivity contribution in [1.29, 1.82) is 0 Å². The van der Waals surface area contributed by atoms with Crippen molar-refractivity contribution in [3.63, 3.8) is 0 Å². The Morgan fingerprint density at radius 1 is 1.35 bits per heavy atom. The van der Waals surface area contributed by atoms with Crippen molar-refractivity contribution < 1.29 is 19.4 Å². The van der Waals surface area contributed by atoms with Gasteiger partial charge in [-0.3, -0.25) is 4.79 Å². The summed E-state index contributed by atoms with van der Waals surface area (Å²) in [5, 5.41) is 8.76. The number of carbonyl (C=O) groups excluding carboxylic acids is 1. The minimum absolute atomic E-state index is 0.0131. The van der Waals surface area contributed by atoms with Crippen molar-refractivity contribution in [2.24, 2.45) is 0 Å². The molecule has 2 rings (SSSR count). The summed E-state index contributed by atoms with van der Waals surface area (Å²) in [5.41, 5.74) is 0.194. The maximum Gasteiger partial charge on any atom is 0.337 e. The molecule has 1 N–H and O–H groups in total. The third-order valence-electron chi connectivity index (χ3n) is 2.68. The normalized spacial score (nSPS) is 15.9. The quantitative estimate of drug-likeness (QED) is 0.807. The average Bonchev–Trinajstić information content (AvgIpc) is 2.79. The molecular formula is C11H14N2O4. The molecule has 0 unspecified atom stereocenters. The zero-order valence-corrected chi connectivity index (χ0v) is 9.33. The van der Waals surface area contributed by atoms with Crippen LogP contribution in [0.3, 0.4) is 0 Å². The second-order valence-electron chi connectivity index (χ2n) is 3.87. The van der Waals surface area contributed by atoms with E-state index < -0.39 is 5.97 Å². The first kappa shape index (κ1) is 11.7. The molecule has 6 nitrogen and oxygen atoms in total. The van der Waals surface area contributed by atoms with Gasteiger partial charge in [-0.2, -0.15) is 0 Å². The topological polar surface area (TPSA) is 71.8 Å². The molecule has 0 spiro atoms. The van der Waals surface area contributed by atoms with Crippen LogP contribution in [0.1, 0.15) is 10.4 Å². The number of aromatic carboxylic acids is 1. The van der Waals surface area contributed by atoms with E-state index in [4.69, 9.17) is 9.84 Å². The zero-order chi connectivity index (χ0) is 12.3. The number of hydrogen-bond donors (Lipinski definition) is 1. The highest BCUT2D eigenvalue weighted by molar-refractivity contribution is 5.87. The lowest BCUT2D eigenvalue weighted by Gasteiger charge is -2.26. The van der Waals surface area contributed by atoms with Crippen LogP contribution in [-0.2, 0) is 16.1 Å². The maximum absolute atomic E-state index is 11.8. The molecular weight excluding hydrogens is 224 g/mol. The third-order valence-corrected chi connectivity index (χ3v) is 2.68. The largest absolute Gasteiger partial charge is 0.478 e. The fourth-order valence-corrected chi connectivity index (χ4v) is 1.73. The molecule has 1 saturated heterocycles. The number of nitrogens with zero attached hydrogens (tertiary/aromatic N) is 2. The van der Waals surface area contributed by atoms with Gasteiger partial charge in [0.05, 0.1) is 18.8 Å². The fourth-order valence-electron chi connectivity index (χ4n) is 1.73. The lowest BCUT2D eigenvalue weighted by molar-refractivity contribution is -0.135. The van der Waals surface area contributed by atoms with Crippen LogP contribution in [0.25, 0.3) is 0 Å². The van der Waals surface area contributed by atoms with E-state index in [0.29, 0.717) is 26.3 Å². The summed E-state index contributed by atoms with van der Waals surface area (Å²) in [4.78, 5) is 24.3. The van der Waals surface area contributed by atoms with Gasteiger partial charge in [-0.05, 0) is 6.07 Å². The third kappa shape index (κ3) is 2.85. The Balaban J connectivity index is 1.94. The highest BCUT2D eigenvalue weighted by Gasteiger charge is 2.17. The first-order valence-electron chi connectivity index (χ1n) is 5.41. The van der Waals surface area contributed by atoms with Gasteiger partial charge in [0.25, 0.3) is 0 Å². The van der Waals surface area contributed by atoms with Crippen molar-refractivity contribution >= 4 is 11.9 Å². The van der Waals surface area contributed by atoms with E-state index >= 15 is 0 Å². The Hall–Kier alpha value is -1.82. The van der Waals surface area contributed by atoms with Crippen molar-refractivity contribution in [3.05, 3.63) is 24.0 Å². The van der Waals surface area contributed by atoms with Gasteiger partial charge in [0.15, 0.2) is 0 Å². The molecule has 1 aromatic heterocycles. The molecule has 0 radical (unpaired) electrons. The number of hydrogen-bond acceptors (Lipinski definition) is 3. The molecule has 0 aliphatic carbocycles. The SMILES string of the molecule is O=C(O)c1ccn(CC(=O)N2CCOCC2)c1. The summed E-state index contributed by atoms with van der Waals surface area (Å²) >= 11 is 0. The van der Waals surface area contributed by atoms with Crippen LogP contribution in [0.15, 0.2) is 18.5 Å². The number of carboxylic acids is 1. The number of aromatic nitrogens is 1. The fraction of sp³-hybridized carbons (Fsp3) is 0.455. The van der Waals surface area contributed by atoms with E-state index in [9.17, 15) is 9.59 Å². The maximum atomic E-state index is 11.8. The van der Waals surface area contributed by atoms with Crippen LogP contribution >= 0.6 is 0 Å². The number of carbonyl (C=O) groups is 2. The van der Waals surface area contributed by atoms with E-state index in [2.05, 4.69) is 0 Å². The van der Waals surface area contributed by atoms with Crippen LogP contribution in [0, 0.1) is 0 Å². The van der Waals surface area contributed by atoms with Gasteiger partial charge in [-0.1, -0.05) is 0 Å². The molecule has 2 heterocycles. The summed E-state index contributed by atoms with van der Waals surface area (Å²) in [5.74, 6) is -0.997. The van der Waals surface area contributed by atoms with Crippen LogP contribution < -0.4 is 0 Å². The van der Waals surface area contributed by atoms with Gasteiger partial charge in [0.1, 0.15) is 6.54 Å². The lowest BCUT2D eigenvalue weighted by atomic mass is 10.3. The number of ether oxygens (including phenoxy) is 1. The summed E-state index contributed by atoms with van der Waals surface area (Å²) in [6.45, 7) is 2.51. The summed E-state index contributed by atoms with van der Waals surface area (Å²) < 4.78 is 6.74. The minimum Gasteiger partial charge on any atom is -0.478 e. The Morgan fingerprint density at radius 3 is 2.65 bits per heavy atom. The number of rotatable bonds is 3. The molecule has 0 atom stereocenters. The summed E-state index contributed by atoms with van der Waals surface area (Å²) in [6, 6.07) is 1.48. The number of amides is 1. The minimum atomic E-state index is -0.984. The molecule has 1 aliphatic rings. The molecule has 0 aromatic carbocycles. The second-order valence-corrected chi connectivity index (χ2v) is 3.87. The zero-order valence-electron chi connectivity index (χ0n) is 9.33. The standard InChI is InChI=1S/C11H14N2O4/c14-10(13-3-5-17-6-4-13)8-12-2-1-9(7-12)11(15)16/h1-2,7H,3-6,8H2,(H,15,16). The van der Waals surface area contributed by atoms with E-state index in [1.54, 1.807) is 15.7 Å². The lowest BCUT2D eigenvalue weighted by Crippen LogP contribution is -2.42. The highest BCUT2D eigenvalue weighted by Crippen LogP contribution is 2.04. The molecule has 1 amide bonds. The smallest absolute Gasteiger partial charge is 0.337 e. The molecule has 6 heteroatoms. The van der Waals surface area contributed by atoms with Gasteiger partial charge in [0.2, 0.25) is 5.91 Å². The molecule has 1 fully saturated rings. The van der Waals surface area contributed by atoms with E-state index in [1.165, 1.54) is 12.3 Å². The van der Waals surface area contributed by atoms with Gasteiger partial charge < -0.3 is 19.3 Å². The molecule has 1 aromatic rings. The predicted molar refractivity (Wildman–Crippen MR) is 58.8 cm³/mol. The molecule has 0 bridgehead atoms. The summed E-state index contributed by atoms with van der Waals surface area (Å²) in [6.07, 6.45) is 3.06. The van der Waals surface area contributed by atoms with Crippen molar-refractivity contribution in [2.75, 3.05) is 26.3 Å². The molecule has 1 aliphatic heterocycles. The van der Waals surface area contributed by atoms with Crippen LogP contribution in [-0.4, -0.2) is 52.8 Å². The van der Waals surface area contributed by atoms with E-state index in [1.807, 2.05) is 0 Å². The van der Waals surface area contributed by atoms with Gasteiger partial charge in [-0.15, -0.1) is 0 Å². The second kappa shape index (κ2) is 5.01. The van der Waals surface area contributed by atoms with E-state index in [-0.39, 0.29) is 18.0 Å². The number of carboxylic acid groups (broad SMARTS) is 1. The van der Waals surface area contributed by atoms with Crippen molar-refractivity contribution in [3.8, 4) is 0 Å². The molecule has 17 heavy (non-hydrogen) atoms. The molecule has 0 saturated carbocycles.